The van der Waals surface area contributed by atoms with Gasteiger partial charge in [0, 0.05) is 13.1 Å². The van der Waals surface area contributed by atoms with Gasteiger partial charge in [0.15, 0.2) is 0 Å². The number of nitrogens with zero attached hydrogens (tertiary/aromatic N) is 2. The lowest BCUT2D eigenvalue weighted by molar-refractivity contribution is -0.132. The van der Waals surface area contributed by atoms with E-state index in [9.17, 15) is 10.1 Å². The van der Waals surface area contributed by atoms with Crippen molar-refractivity contribution in [1.29, 1.82) is 5.26 Å². The van der Waals surface area contributed by atoms with Crippen LogP contribution in [0.2, 0.25) is 0 Å². The molecule has 94 valence electrons. The van der Waals surface area contributed by atoms with Crippen LogP contribution in [0.4, 0.5) is 0 Å². The van der Waals surface area contributed by atoms with Gasteiger partial charge >= 0.3 is 0 Å². The van der Waals surface area contributed by atoms with Crippen LogP contribution in [0.5, 0.6) is 0 Å². The first kappa shape index (κ1) is 12.6. The largest absolute Gasteiger partial charge is 0.341 e. The van der Waals surface area contributed by atoms with Gasteiger partial charge in [-0.25, -0.2) is 0 Å². The molecule has 0 aromatic heterocycles. The van der Waals surface area contributed by atoms with E-state index in [-0.39, 0.29) is 5.91 Å². The number of nitriles is 1. The Hall–Kier alpha value is -1.82. The van der Waals surface area contributed by atoms with E-state index in [1.807, 2.05) is 35.2 Å². The van der Waals surface area contributed by atoms with Gasteiger partial charge in [-0.05, 0) is 24.3 Å². The molecule has 0 saturated carbocycles. The van der Waals surface area contributed by atoms with Crippen molar-refractivity contribution in [3.05, 3.63) is 35.9 Å². The first-order valence-corrected chi connectivity index (χ1v) is 6.45. The average molecular weight is 242 g/mol. The zero-order valence-electron chi connectivity index (χ0n) is 10.7. The summed E-state index contributed by atoms with van der Waals surface area (Å²) in [4.78, 5) is 14.2. The minimum absolute atomic E-state index is 0.0457. The lowest BCUT2D eigenvalue weighted by Crippen LogP contribution is -2.40. The molecule has 0 N–H and O–H groups in total. The number of benzene rings is 1. The molecular weight excluding hydrogens is 224 g/mol. The Balaban J connectivity index is 2.10. The third-order valence-corrected chi connectivity index (χ3v) is 3.60. The molecule has 1 aliphatic rings. The highest BCUT2D eigenvalue weighted by atomic mass is 16.2. The van der Waals surface area contributed by atoms with E-state index in [4.69, 9.17) is 0 Å². The minimum Gasteiger partial charge on any atom is -0.341 e. The van der Waals surface area contributed by atoms with Crippen LogP contribution in [-0.2, 0) is 4.79 Å². The molecule has 0 radical (unpaired) electrons. The lowest BCUT2D eigenvalue weighted by atomic mass is 9.95. The fraction of sp³-hybridized carbons (Fsp3) is 0.467. The molecule has 1 heterocycles. The van der Waals surface area contributed by atoms with Gasteiger partial charge in [-0.2, -0.15) is 5.26 Å². The molecule has 1 aliphatic heterocycles. The van der Waals surface area contributed by atoms with Crippen LogP contribution in [-0.4, -0.2) is 23.9 Å². The Labute approximate surface area is 108 Å². The van der Waals surface area contributed by atoms with Crippen molar-refractivity contribution in [3.63, 3.8) is 0 Å². The van der Waals surface area contributed by atoms with E-state index in [1.54, 1.807) is 0 Å². The second-order valence-electron chi connectivity index (χ2n) is 4.98. The number of carbonyl (C=O) groups is 1. The van der Waals surface area contributed by atoms with Gasteiger partial charge in [-0.3, -0.25) is 4.79 Å². The smallest absolute Gasteiger partial charge is 0.244 e. The van der Waals surface area contributed by atoms with Crippen LogP contribution in [0.1, 0.15) is 31.2 Å². The Morgan fingerprint density at radius 2 is 1.94 bits per heavy atom. The maximum atomic E-state index is 12.3. The summed E-state index contributed by atoms with van der Waals surface area (Å²) in [6.45, 7) is 3.77. The van der Waals surface area contributed by atoms with Crippen LogP contribution in [0.15, 0.2) is 30.3 Å². The summed E-state index contributed by atoms with van der Waals surface area (Å²) in [6.07, 6.45) is 2.08. The van der Waals surface area contributed by atoms with E-state index in [0.717, 1.165) is 31.5 Å². The Morgan fingerprint density at radius 3 is 2.50 bits per heavy atom. The van der Waals surface area contributed by atoms with Gasteiger partial charge in [0.2, 0.25) is 5.91 Å². The predicted molar refractivity (Wildman–Crippen MR) is 69.8 cm³/mol. The molecule has 1 fully saturated rings. The van der Waals surface area contributed by atoms with Crippen molar-refractivity contribution in [1.82, 2.24) is 4.90 Å². The summed E-state index contributed by atoms with van der Waals surface area (Å²) in [5.41, 5.74) is 0.795. The molecule has 1 aromatic carbocycles. The molecule has 3 nitrogen and oxygen atoms in total. The molecule has 1 atom stereocenters. The molecule has 0 aliphatic carbocycles. The first-order chi connectivity index (χ1) is 8.72. The molecule has 0 bridgehead atoms. The third-order valence-electron chi connectivity index (χ3n) is 3.60. The van der Waals surface area contributed by atoms with Crippen molar-refractivity contribution in [2.45, 2.75) is 25.7 Å². The van der Waals surface area contributed by atoms with Gasteiger partial charge in [-0.1, -0.05) is 37.3 Å². The van der Waals surface area contributed by atoms with E-state index in [2.05, 4.69) is 13.0 Å². The maximum Gasteiger partial charge on any atom is 0.244 e. The van der Waals surface area contributed by atoms with Crippen LogP contribution < -0.4 is 0 Å². The van der Waals surface area contributed by atoms with E-state index < -0.39 is 5.92 Å². The summed E-state index contributed by atoms with van der Waals surface area (Å²) < 4.78 is 0. The molecule has 0 spiro atoms. The molecule has 18 heavy (non-hydrogen) atoms. The Morgan fingerprint density at radius 1 is 1.33 bits per heavy atom. The summed E-state index contributed by atoms with van der Waals surface area (Å²) in [5.74, 6) is -0.0125. The van der Waals surface area contributed by atoms with E-state index >= 15 is 0 Å². The third kappa shape index (κ3) is 2.70. The zero-order valence-corrected chi connectivity index (χ0v) is 10.7. The Kier molecular flexibility index (Phi) is 3.99. The topological polar surface area (TPSA) is 44.1 Å². The standard InChI is InChI=1S/C15H18N2O/c1-12-7-9-17(10-8-12)15(18)14(11-16)13-5-3-2-4-6-13/h2-6,12,14H,7-10H2,1H3. The normalized spacial score (nSPS) is 18.1. The fourth-order valence-electron chi connectivity index (χ4n) is 2.33. The van der Waals surface area contributed by atoms with Crippen LogP contribution in [0.3, 0.4) is 0 Å². The molecule has 1 amide bonds. The number of piperidine rings is 1. The van der Waals surface area contributed by atoms with Gasteiger partial charge < -0.3 is 4.90 Å². The first-order valence-electron chi connectivity index (χ1n) is 6.45. The van der Waals surface area contributed by atoms with Gasteiger partial charge in [0.25, 0.3) is 0 Å². The second-order valence-corrected chi connectivity index (χ2v) is 4.98. The highest BCUT2D eigenvalue weighted by molar-refractivity contribution is 5.86. The highest BCUT2D eigenvalue weighted by Gasteiger charge is 2.27. The number of hydrogen-bond donors (Lipinski definition) is 0. The predicted octanol–water partition coefficient (Wildman–Crippen LogP) is 2.55. The van der Waals surface area contributed by atoms with Crippen molar-refractivity contribution < 1.29 is 4.79 Å². The van der Waals surface area contributed by atoms with Gasteiger partial charge in [0.05, 0.1) is 6.07 Å². The molecule has 2 rings (SSSR count). The minimum atomic E-state index is -0.653. The van der Waals surface area contributed by atoms with Crippen molar-refractivity contribution in [2.24, 2.45) is 5.92 Å². The molecule has 1 unspecified atom stereocenters. The van der Waals surface area contributed by atoms with Crippen LogP contribution >= 0.6 is 0 Å². The van der Waals surface area contributed by atoms with Gasteiger partial charge in [-0.15, -0.1) is 0 Å². The summed E-state index contributed by atoms with van der Waals surface area (Å²) in [6, 6.07) is 11.5. The monoisotopic (exact) mass is 242 g/mol. The van der Waals surface area contributed by atoms with Gasteiger partial charge in [0.1, 0.15) is 5.92 Å². The maximum absolute atomic E-state index is 12.3. The molecule has 1 aromatic rings. The SMILES string of the molecule is CC1CCN(C(=O)C(C#N)c2ccccc2)CC1. The number of amides is 1. The van der Waals surface area contributed by atoms with Crippen LogP contribution in [0, 0.1) is 17.2 Å². The zero-order chi connectivity index (χ0) is 13.0. The Bertz CT molecular complexity index is 441. The van der Waals surface area contributed by atoms with E-state index in [0.29, 0.717) is 5.92 Å². The number of hydrogen-bond acceptors (Lipinski definition) is 2. The molecular formula is C15H18N2O. The summed E-state index contributed by atoms with van der Waals surface area (Å²) >= 11 is 0. The number of carbonyl (C=O) groups excluding carboxylic acids is 1. The van der Waals surface area contributed by atoms with E-state index in [1.165, 1.54) is 0 Å². The highest BCUT2D eigenvalue weighted by Crippen LogP contribution is 2.22. The number of likely N-dealkylation sites (tertiary alicyclic amines) is 1. The summed E-state index contributed by atoms with van der Waals surface area (Å²) in [7, 11) is 0. The summed E-state index contributed by atoms with van der Waals surface area (Å²) in [5, 5.41) is 9.24. The molecule has 1 saturated heterocycles. The van der Waals surface area contributed by atoms with Crippen LogP contribution in [0.25, 0.3) is 0 Å². The fourth-order valence-corrected chi connectivity index (χ4v) is 2.33. The molecule has 3 heteroatoms. The quantitative estimate of drug-likeness (QED) is 0.800. The van der Waals surface area contributed by atoms with Crippen molar-refractivity contribution in [2.75, 3.05) is 13.1 Å². The second kappa shape index (κ2) is 5.68. The number of rotatable bonds is 2. The average Bonchev–Trinajstić information content (AvgIpc) is 2.41. The lowest BCUT2D eigenvalue weighted by Gasteiger charge is -2.31. The van der Waals surface area contributed by atoms with Crippen molar-refractivity contribution in [3.8, 4) is 6.07 Å². The van der Waals surface area contributed by atoms with Crippen molar-refractivity contribution >= 4 is 5.91 Å².